The lowest BCUT2D eigenvalue weighted by Gasteiger charge is -2.08. The summed E-state index contributed by atoms with van der Waals surface area (Å²) in [6.07, 6.45) is 0. The van der Waals surface area contributed by atoms with E-state index in [2.05, 4.69) is 0 Å². The number of nitrogens with zero attached hydrogens (tertiary/aromatic N) is 1. The minimum absolute atomic E-state index is 0.127. The van der Waals surface area contributed by atoms with Gasteiger partial charge in [0.25, 0.3) is 0 Å². The standard InChI is InChI=1S/C15H12FNO2/c1-18-13-4-2-3-12(7-13)10-19-15-6-5-11(9-17)8-14(15)16/h2-8H,10H2,1H3. The van der Waals surface area contributed by atoms with Crippen LogP contribution in [0.1, 0.15) is 11.1 Å². The van der Waals surface area contributed by atoms with E-state index in [9.17, 15) is 4.39 Å². The number of halogens is 1. The normalized spacial score (nSPS) is 9.74. The zero-order chi connectivity index (χ0) is 13.7. The minimum Gasteiger partial charge on any atom is -0.497 e. The predicted octanol–water partition coefficient (Wildman–Crippen LogP) is 3.28. The molecule has 0 fully saturated rings. The van der Waals surface area contributed by atoms with Gasteiger partial charge in [0.1, 0.15) is 12.4 Å². The Kier molecular flexibility index (Phi) is 3.99. The van der Waals surface area contributed by atoms with E-state index in [1.54, 1.807) is 7.11 Å². The molecule has 0 amide bonds. The maximum atomic E-state index is 13.6. The van der Waals surface area contributed by atoms with Crippen LogP contribution in [-0.2, 0) is 6.61 Å². The van der Waals surface area contributed by atoms with E-state index in [4.69, 9.17) is 14.7 Å². The molecular formula is C15H12FNO2. The number of ether oxygens (including phenoxy) is 2. The van der Waals surface area contributed by atoms with Crippen molar-refractivity contribution >= 4 is 0 Å². The third-order valence-corrected chi connectivity index (χ3v) is 2.59. The smallest absolute Gasteiger partial charge is 0.166 e. The Labute approximate surface area is 110 Å². The number of benzene rings is 2. The second-order valence-electron chi connectivity index (χ2n) is 3.90. The molecular weight excluding hydrogens is 245 g/mol. The number of methoxy groups -OCH3 is 1. The van der Waals surface area contributed by atoms with Crippen LogP contribution in [0.5, 0.6) is 11.5 Å². The molecule has 0 atom stereocenters. The highest BCUT2D eigenvalue weighted by atomic mass is 19.1. The average Bonchev–Trinajstić information content (AvgIpc) is 2.46. The van der Waals surface area contributed by atoms with Gasteiger partial charge in [-0.15, -0.1) is 0 Å². The van der Waals surface area contributed by atoms with Crippen LogP contribution in [0.3, 0.4) is 0 Å². The molecule has 2 aromatic carbocycles. The van der Waals surface area contributed by atoms with Crippen molar-refractivity contribution < 1.29 is 13.9 Å². The van der Waals surface area contributed by atoms with Gasteiger partial charge in [-0.2, -0.15) is 5.26 Å². The largest absolute Gasteiger partial charge is 0.497 e. The summed E-state index contributed by atoms with van der Waals surface area (Å²) < 4.78 is 24.1. The fourth-order valence-corrected chi connectivity index (χ4v) is 1.61. The van der Waals surface area contributed by atoms with Crippen LogP contribution in [0.15, 0.2) is 42.5 Å². The van der Waals surface area contributed by atoms with Crippen molar-refractivity contribution in [2.45, 2.75) is 6.61 Å². The number of hydrogen-bond acceptors (Lipinski definition) is 3. The number of rotatable bonds is 4. The first-order valence-corrected chi connectivity index (χ1v) is 5.68. The molecule has 0 aliphatic heterocycles. The third-order valence-electron chi connectivity index (χ3n) is 2.59. The van der Waals surface area contributed by atoms with Gasteiger partial charge >= 0.3 is 0 Å². The molecule has 3 nitrogen and oxygen atoms in total. The molecule has 0 saturated heterocycles. The van der Waals surface area contributed by atoms with Crippen LogP contribution >= 0.6 is 0 Å². The lowest BCUT2D eigenvalue weighted by molar-refractivity contribution is 0.289. The summed E-state index contributed by atoms with van der Waals surface area (Å²) in [7, 11) is 1.58. The van der Waals surface area contributed by atoms with Crippen LogP contribution in [0.4, 0.5) is 4.39 Å². The molecule has 4 heteroatoms. The summed E-state index contributed by atoms with van der Waals surface area (Å²) in [6.45, 7) is 0.236. The summed E-state index contributed by atoms with van der Waals surface area (Å²) in [5, 5.41) is 8.65. The van der Waals surface area contributed by atoms with Crippen molar-refractivity contribution in [3.8, 4) is 17.6 Å². The molecule has 0 aliphatic carbocycles. The molecule has 0 aromatic heterocycles. The summed E-state index contributed by atoms with van der Waals surface area (Å²) in [5.41, 5.74) is 1.15. The van der Waals surface area contributed by atoms with Gasteiger partial charge in [-0.25, -0.2) is 4.39 Å². The van der Waals surface area contributed by atoms with E-state index in [1.165, 1.54) is 12.1 Å². The van der Waals surface area contributed by atoms with E-state index >= 15 is 0 Å². The van der Waals surface area contributed by atoms with Gasteiger partial charge in [0.2, 0.25) is 0 Å². The topological polar surface area (TPSA) is 42.2 Å². The van der Waals surface area contributed by atoms with E-state index in [-0.39, 0.29) is 17.9 Å². The molecule has 0 unspecified atom stereocenters. The average molecular weight is 257 g/mol. The molecule has 2 rings (SSSR count). The van der Waals surface area contributed by atoms with Crippen molar-refractivity contribution in [2.24, 2.45) is 0 Å². The molecule has 19 heavy (non-hydrogen) atoms. The zero-order valence-electron chi connectivity index (χ0n) is 10.4. The second kappa shape index (κ2) is 5.87. The van der Waals surface area contributed by atoms with Crippen molar-refractivity contribution in [3.05, 3.63) is 59.4 Å². The van der Waals surface area contributed by atoms with Crippen molar-refractivity contribution in [1.29, 1.82) is 5.26 Å². The van der Waals surface area contributed by atoms with Crippen LogP contribution in [0.2, 0.25) is 0 Å². The fourth-order valence-electron chi connectivity index (χ4n) is 1.61. The van der Waals surface area contributed by atoms with E-state index in [0.29, 0.717) is 0 Å². The molecule has 0 aliphatic rings. The molecule has 96 valence electrons. The van der Waals surface area contributed by atoms with E-state index < -0.39 is 5.82 Å². The molecule has 0 bridgehead atoms. The molecule has 0 spiro atoms. The van der Waals surface area contributed by atoms with Crippen LogP contribution < -0.4 is 9.47 Å². The first kappa shape index (κ1) is 12.9. The van der Waals surface area contributed by atoms with E-state index in [0.717, 1.165) is 17.4 Å². The lowest BCUT2D eigenvalue weighted by Crippen LogP contribution is -1.98. The highest BCUT2D eigenvalue weighted by Crippen LogP contribution is 2.20. The zero-order valence-corrected chi connectivity index (χ0v) is 10.4. The van der Waals surface area contributed by atoms with Gasteiger partial charge in [-0.05, 0) is 35.9 Å². The SMILES string of the molecule is COc1cccc(COc2ccc(C#N)cc2F)c1. The maximum Gasteiger partial charge on any atom is 0.166 e. The Bertz CT molecular complexity index is 620. The van der Waals surface area contributed by atoms with Crippen molar-refractivity contribution in [2.75, 3.05) is 7.11 Å². The first-order chi connectivity index (χ1) is 9.22. The van der Waals surface area contributed by atoms with Gasteiger partial charge in [0.15, 0.2) is 11.6 Å². The van der Waals surface area contributed by atoms with Crippen molar-refractivity contribution in [3.63, 3.8) is 0 Å². The highest BCUT2D eigenvalue weighted by molar-refractivity contribution is 5.36. The Morgan fingerprint density at radius 2 is 2.05 bits per heavy atom. The molecule has 0 N–H and O–H groups in total. The minimum atomic E-state index is -0.540. The highest BCUT2D eigenvalue weighted by Gasteiger charge is 2.05. The Hall–Kier alpha value is -2.54. The number of hydrogen-bond donors (Lipinski definition) is 0. The molecule has 2 aromatic rings. The first-order valence-electron chi connectivity index (χ1n) is 5.68. The predicted molar refractivity (Wildman–Crippen MR) is 68.4 cm³/mol. The summed E-state index contributed by atoms with van der Waals surface area (Å²) in [5.74, 6) is 0.310. The Morgan fingerprint density at radius 3 is 2.74 bits per heavy atom. The second-order valence-corrected chi connectivity index (χ2v) is 3.90. The van der Waals surface area contributed by atoms with Gasteiger partial charge in [0.05, 0.1) is 18.7 Å². The van der Waals surface area contributed by atoms with Gasteiger partial charge < -0.3 is 9.47 Å². The van der Waals surface area contributed by atoms with Gasteiger partial charge in [-0.1, -0.05) is 12.1 Å². The van der Waals surface area contributed by atoms with Gasteiger partial charge in [0, 0.05) is 0 Å². The van der Waals surface area contributed by atoms with Gasteiger partial charge in [-0.3, -0.25) is 0 Å². The van der Waals surface area contributed by atoms with Crippen LogP contribution in [-0.4, -0.2) is 7.11 Å². The fraction of sp³-hybridized carbons (Fsp3) is 0.133. The summed E-state index contributed by atoms with van der Waals surface area (Å²) in [4.78, 5) is 0. The molecule has 0 saturated carbocycles. The van der Waals surface area contributed by atoms with Crippen molar-refractivity contribution in [1.82, 2.24) is 0 Å². The summed E-state index contributed by atoms with van der Waals surface area (Å²) >= 11 is 0. The maximum absolute atomic E-state index is 13.6. The quantitative estimate of drug-likeness (QED) is 0.844. The lowest BCUT2D eigenvalue weighted by atomic mass is 10.2. The number of nitriles is 1. The molecule has 0 heterocycles. The third kappa shape index (κ3) is 3.23. The Morgan fingerprint density at radius 1 is 1.21 bits per heavy atom. The molecule has 0 radical (unpaired) electrons. The van der Waals surface area contributed by atoms with Crippen LogP contribution in [0.25, 0.3) is 0 Å². The summed E-state index contributed by atoms with van der Waals surface area (Å²) in [6, 6.07) is 13.3. The Balaban J connectivity index is 2.08. The van der Waals surface area contributed by atoms with E-state index in [1.807, 2.05) is 30.3 Å². The monoisotopic (exact) mass is 257 g/mol. The van der Waals surface area contributed by atoms with Crippen LogP contribution in [0, 0.1) is 17.1 Å².